The summed E-state index contributed by atoms with van der Waals surface area (Å²) in [5, 5.41) is 3.42. The lowest BCUT2D eigenvalue weighted by Crippen LogP contribution is -2.40. The molecule has 0 aromatic carbocycles. The molecule has 0 aliphatic carbocycles. The minimum absolute atomic E-state index is 0.0428. The number of amides is 1. The first-order chi connectivity index (χ1) is 17.1. The van der Waals surface area contributed by atoms with Gasteiger partial charge in [0.2, 0.25) is 10.0 Å². The van der Waals surface area contributed by atoms with Crippen molar-refractivity contribution in [3.63, 3.8) is 0 Å². The van der Waals surface area contributed by atoms with Crippen molar-refractivity contribution < 1.29 is 26.7 Å². The van der Waals surface area contributed by atoms with E-state index in [0.717, 1.165) is 29.8 Å². The second kappa shape index (κ2) is 13.7. The van der Waals surface area contributed by atoms with Gasteiger partial charge in [-0.15, -0.1) is 0 Å². The summed E-state index contributed by atoms with van der Waals surface area (Å²) in [6.45, 7) is 7.89. The largest absolute Gasteiger partial charge is 0.441 e. The highest BCUT2D eigenvalue weighted by molar-refractivity contribution is 7.92. The molecule has 1 aromatic heterocycles. The van der Waals surface area contributed by atoms with Crippen LogP contribution >= 0.6 is 0 Å². The topological polar surface area (TPSA) is 153 Å². The Morgan fingerprint density at radius 2 is 1.86 bits per heavy atom. The van der Waals surface area contributed by atoms with E-state index in [-0.39, 0.29) is 28.5 Å². The number of hydrogen-bond acceptors (Lipinski definition) is 8. The number of sulfonamides is 1. The fourth-order valence-corrected chi connectivity index (χ4v) is 3.64. The van der Waals surface area contributed by atoms with Crippen LogP contribution in [-0.4, -0.2) is 43.9 Å². The molecule has 1 atom stereocenters. The summed E-state index contributed by atoms with van der Waals surface area (Å²) in [7, 11) is -2.12. The Balaban J connectivity index is 3.24. The standard InChI is InChI=1S/C24H36F2N6O4S/c1-8-14(3)12-17(26)13-18(15(4)25)16(5)36-24(33)30-23(32(6)28)22(27)21-11-10-20(19(9-2)29-21)31-37(7,34)35/h10-13,16,31H,8-9,27-28H2,1-7H3,(H,30,33)/b14-12-,17-13+,18-15-,23-22-. The number of pyridine rings is 1. The number of nitrogens with one attached hydrogen (secondary N) is 2. The second-order valence-corrected chi connectivity index (χ2v) is 10.1. The number of rotatable bonds is 11. The molecule has 37 heavy (non-hydrogen) atoms. The van der Waals surface area contributed by atoms with Gasteiger partial charge in [0.05, 0.1) is 23.3 Å². The zero-order valence-corrected chi connectivity index (χ0v) is 23.0. The minimum Gasteiger partial charge on any atom is -0.441 e. The average Bonchev–Trinajstić information content (AvgIpc) is 2.79. The summed E-state index contributed by atoms with van der Waals surface area (Å²) in [4.78, 5) is 17.0. The molecular formula is C24H36F2N6O4S. The highest BCUT2D eigenvalue weighted by Gasteiger charge is 2.20. The maximum absolute atomic E-state index is 14.3. The van der Waals surface area contributed by atoms with Crippen LogP contribution in [0.1, 0.15) is 52.4 Å². The highest BCUT2D eigenvalue weighted by Crippen LogP contribution is 2.21. The first kappa shape index (κ1) is 31.6. The summed E-state index contributed by atoms with van der Waals surface area (Å²) < 4.78 is 59.2. The normalized spacial score (nSPS) is 14.9. The van der Waals surface area contributed by atoms with E-state index in [1.807, 2.05) is 6.92 Å². The maximum atomic E-state index is 14.3. The van der Waals surface area contributed by atoms with E-state index in [1.54, 1.807) is 13.8 Å². The van der Waals surface area contributed by atoms with Crippen molar-refractivity contribution in [3.05, 3.63) is 64.3 Å². The molecule has 0 saturated heterocycles. The number of halogens is 2. The van der Waals surface area contributed by atoms with Crippen LogP contribution in [0.4, 0.5) is 19.3 Å². The molecule has 0 spiro atoms. The molecule has 1 heterocycles. The monoisotopic (exact) mass is 542 g/mol. The quantitative estimate of drug-likeness (QED) is 0.186. The Labute approximate surface area is 217 Å². The average molecular weight is 543 g/mol. The van der Waals surface area contributed by atoms with Gasteiger partial charge in [0.25, 0.3) is 0 Å². The van der Waals surface area contributed by atoms with Crippen molar-refractivity contribution in [2.45, 2.75) is 53.6 Å². The van der Waals surface area contributed by atoms with Crippen LogP contribution in [0.2, 0.25) is 0 Å². The van der Waals surface area contributed by atoms with Crippen LogP contribution in [0.25, 0.3) is 5.70 Å². The van der Waals surface area contributed by atoms with Gasteiger partial charge < -0.3 is 10.5 Å². The molecule has 0 bridgehead atoms. The van der Waals surface area contributed by atoms with Gasteiger partial charge in [-0.1, -0.05) is 19.4 Å². The van der Waals surface area contributed by atoms with Gasteiger partial charge in [0.15, 0.2) is 5.82 Å². The minimum atomic E-state index is -3.52. The fourth-order valence-electron chi connectivity index (χ4n) is 3.06. The molecule has 206 valence electrons. The van der Waals surface area contributed by atoms with Gasteiger partial charge >= 0.3 is 6.09 Å². The Morgan fingerprint density at radius 1 is 1.24 bits per heavy atom. The molecule has 1 unspecified atom stereocenters. The molecule has 0 saturated carbocycles. The second-order valence-electron chi connectivity index (χ2n) is 8.33. The molecule has 1 amide bonds. The van der Waals surface area contributed by atoms with Crippen LogP contribution in [0.3, 0.4) is 0 Å². The van der Waals surface area contributed by atoms with Crippen LogP contribution < -0.4 is 21.6 Å². The summed E-state index contributed by atoms with van der Waals surface area (Å²) >= 11 is 0. The van der Waals surface area contributed by atoms with Crippen LogP contribution in [0.5, 0.6) is 0 Å². The Hall–Kier alpha value is -3.45. The number of alkyl carbamates (subject to hydrolysis) is 1. The molecule has 0 aliphatic heterocycles. The zero-order valence-electron chi connectivity index (χ0n) is 22.1. The Bertz CT molecular complexity index is 1220. The van der Waals surface area contributed by atoms with Gasteiger partial charge in [0.1, 0.15) is 23.5 Å². The molecule has 6 N–H and O–H groups in total. The Kier molecular flexibility index (Phi) is 11.7. The van der Waals surface area contributed by atoms with Crippen molar-refractivity contribution in [1.82, 2.24) is 15.3 Å². The molecule has 0 fully saturated rings. The van der Waals surface area contributed by atoms with E-state index < -0.39 is 33.9 Å². The van der Waals surface area contributed by atoms with Crippen LogP contribution in [-0.2, 0) is 21.2 Å². The lowest BCUT2D eigenvalue weighted by atomic mass is 10.1. The number of aryl methyl sites for hydroxylation is 1. The van der Waals surface area contributed by atoms with E-state index in [0.29, 0.717) is 18.5 Å². The summed E-state index contributed by atoms with van der Waals surface area (Å²) in [6.07, 6.45) is 2.09. The van der Waals surface area contributed by atoms with Crippen molar-refractivity contribution in [2.24, 2.45) is 11.6 Å². The predicted molar refractivity (Wildman–Crippen MR) is 141 cm³/mol. The number of ether oxygens (including phenoxy) is 1. The van der Waals surface area contributed by atoms with Crippen molar-refractivity contribution in [3.8, 4) is 0 Å². The van der Waals surface area contributed by atoms with Crippen molar-refractivity contribution in [1.29, 1.82) is 0 Å². The SMILES string of the molecule is CC\C(C)=C/C(F)=C\C(=C(/C)F)C(C)OC(=O)N/C(=C(/N)c1ccc(NS(C)(=O)=O)c(CC)n1)N(C)N. The van der Waals surface area contributed by atoms with E-state index >= 15 is 0 Å². The molecular weight excluding hydrogens is 506 g/mol. The third-order valence-corrected chi connectivity index (χ3v) is 5.65. The smallest absolute Gasteiger partial charge is 0.413 e. The first-order valence-corrected chi connectivity index (χ1v) is 13.3. The molecule has 0 radical (unpaired) electrons. The number of allylic oxidation sites excluding steroid dienone is 4. The van der Waals surface area contributed by atoms with E-state index in [9.17, 15) is 22.0 Å². The lowest BCUT2D eigenvalue weighted by Gasteiger charge is -2.22. The Morgan fingerprint density at radius 3 is 2.35 bits per heavy atom. The number of nitrogens with two attached hydrogens (primary N) is 2. The number of carbonyl (C=O) groups excluding carboxylic acids is 1. The molecule has 10 nitrogen and oxygen atoms in total. The van der Waals surface area contributed by atoms with Gasteiger partial charge in [-0.25, -0.2) is 32.8 Å². The fraction of sp³-hybridized carbons (Fsp3) is 0.417. The molecule has 1 aromatic rings. The summed E-state index contributed by atoms with van der Waals surface area (Å²) in [5.74, 6) is 4.36. The van der Waals surface area contributed by atoms with Crippen LogP contribution in [0.15, 0.2) is 52.9 Å². The lowest BCUT2D eigenvalue weighted by molar-refractivity contribution is 0.122. The number of anilines is 1. The first-order valence-electron chi connectivity index (χ1n) is 11.4. The number of aromatic nitrogens is 1. The third kappa shape index (κ3) is 10.2. The van der Waals surface area contributed by atoms with Crippen LogP contribution in [0, 0.1) is 0 Å². The number of hydrazine groups is 1. The number of nitrogens with zero attached hydrogens (tertiary/aromatic N) is 2. The van der Waals surface area contributed by atoms with Gasteiger partial charge in [-0.3, -0.25) is 15.0 Å². The summed E-state index contributed by atoms with van der Waals surface area (Å²) in [6, 6.07) is 2.94. The third-order valence-electron chi connectivity index (χ3n) is 5.06. The maximum Gasteiger partial charge on any atom is 0.413 e. The van der Waals surface area contributed by atoms with E-state index in [4.69, 9.17) is 16.3 Å². The highest BCUT2D eigenvalue weighted by atomic mass is 32.2. The summed E-state index contributed by atoms with van der Waals surface area (Å²) in [5.41, 5.74) is 7.67. The number of carbonyl (C=O) groups is 1. The zero-order chi connectivity index (χ0) is 28.5. The molecule has 13 heteroatoms. The van der Waals surface area contributed by atoms with Gasteiger partial charge in [-0.05, 0) is 57.9 Å². The molecule has 1 rings (SSSR count). The predicted octanol–water partition coefficient (Wildman–Crippen LogP) is 3.97. The van der Waals surface area contributed by atoms with E-state index in [1.165, 1.54) is 32.2 Å². The van der Waals surface area contributed by atoms with Gasteiger partial charge in [-0.2, -0.15) is 0 Å². The van der Waals surface area contributed by atoms with E-state index in [2.05, 4.69) is 15.0 Å². The van der Waals surface area contributed by atoms with Crippen molar-refractivity contribution in [2.75, 3.05) is 18.0 Å². The molecule has 0 aliphatic rings. The number of hydrogen-bond donors (Lipinski definition) is 4. The van der Waals surface area contributed by atoms with Gasteiger partial charge in [0, 0.05) is 12.6 Å². The van der Waals surface area contributed by atoms with Crippen molar-refractivity contribution >= 4 is 27.5 Å².